The molecule has 1 aliphatic rings. The van der Waals surface area contributed by atoms with Crippen LogP contribution < -0.4 is 4.74 Å². The van der Waals surface area contributed by atoms with Gasteiger partial charge in [-0.1, -0.05) is 23.3 Å². The lowest BCUT2D eigenvalue weighted by Gasteiger charge is -2.41. The minimum absolute atomic E-state index is 0.235. The van der Waals surface area contributed by atoms with Gasteiger partial charge < -0.3 is 14.6 Å². The summed E-state index contributed by atoms with van der Waals surface area (Å²) in [6.07, 6.45) is 2.75. The first-order valence-corrected chi connectivity index (χ1v) is 9.18. The molecule has 0 bridgehead atoms. The fraction of sp³-hybridized carbons (Fsp3) is 0.364. The number of ether oxygens (including phenoxy) is 2. The zero-order chi connectivity index (χ0) is 21.2. The number of halogens is 1. The van der Waals surface area contributed by atoms with Crippen LogP contribution in [0.1, 0.15) is 38.1 Å². The van der Waals surface area contributed by atoms with E-state index in [9.17, 15) is 14.7 Å². The molecule has 0 radical (unpaired) electrons. The van der Waals surface area contributed by atoms with Crippen LogP contribution in [0.4, 0.5) is 0 Å². The van der Waals surface area contributed by atoms with Gasteiger partial charge in [0.2, 0.25) is 0 Å². The molecule has 150 valence electrons. The van der Waals surface area contributed by atoms with Gasteiger partial charge in [0.15, 0.2) is 5.78 Å². The Kier molecular flexibility index (Phi) is 6.52. The van der Waals surface area contributed by atoms with Crippen molar-refractivity contribution in [1.82, 2.24) is 0 Å². The average molecular weight is 405 g/mol. The quantitative estimate of drug-likeness (QED) is 0.541. The van der Waals surface area contributed by atoms with Gasteiger partial charge in [0.25, 0.3) is 0 Å². The number of carboxylic acid groups (broad SMARTS) is 1. The van der Waals surface area contributed by atoms with E-state index in [0.717, 1.165) is 5.57 Å². The maximum atomic E-state index is 12.8. The molecule has 0 amide bonds. The average Bonchev–Trinajstić information content (AvgIpc) is 2.64. The summed E-state index contributed by atoms with van der Waals surface area (Å²) >= 11 is 5.96. The number of ketones is 1. The predicted octanol–water partition coefficient (Wildman–Crippen LogP) is 4.86. The molecule has 0 saturated heterocycles. The molecule has 0 aromatic heterocycles. The topological polar surface area (TPSA) is 72.8 Å². The number of hydrogen-bond acceptors (Lipinski definition) is 4. The van der Waals surface area contributed by atoms with Gasteiger partial charge in [-0.25, -0.2) is 4.79 Å². The first kappa shape index (κ1) is 21.9. The van der Waals surface area contributed by atoms with Crippen LogP contribution in [0.15, 0.2) is 52.6 Å². The third kappa shape index (κ3) is 3.77. The number of rotatable bonds is 6. The lowest BCUT2D eigenvalue weighted by Crippen LogP contribution is -2.39. The van der Waals surface area contributed by atoms with Crippen LogP contribution >= 0.6 is 11.6 Å². The highest BCUT2D eigenvalue weighted by Crippen LogP contribution is 2.45. The van der Waals surface area contributed by atoms with Crippen molar-refractivity contribution < 1.29 is 24.2 Å². The van der Waals surface area contributed by atoms with Crippen molar-refractivity contribution in [3.63, 3.8) is 0 Å². The lowest BCUT2D eigenvalue weighted by atomic mass is 9.67. The van der Waals surface area contributed by atoms with Crippen LogP contribution in [0.2, 0.25) is 5.02 Å². The second-order valence-corrected chi connectivity index (χ2v) is 7.49. The molecule has 0 saturated carbocycles. The molecule has 0 aliphatic heterocycles. The van der Waals surface area contributed by atoms with Crippen LogP contribution in [0.25, 0.3) is 0 Å². The Morgan fingerprint density at radius 3 is 2.39 bits per heavy atom. The van der Waals surface area contributed by atoms with Crippen molar-refractivity contribution in [2.45, 2.75) is 33.8 Å². The molecule has 0 heterocycles. The fourth-order valence-electron chi connectivity index (χ4n) is 3.84. The Morgan fingerprint density at radius 1 is 1.21 bits per heavy atom. The summed E-state index contributed by atoms with van der Waals surface area (Å²) in [6.45, 7) is 7.34. The lowest BCUT2D eigenvalue weighted by molar-refractivity contribution is -0.132. The molecule has 28 heavy (non-hydrogen) atoms. The molecule has 0 fully saturated rings. The first-order valence-electron chi connectivity index (χ1n) is 8.80. The Labute approximate surface area is 170 Å². The number of allylic oxidation sites excluding steroid dienone is 1. The Bertz CT molecular complexity index is 910. The van der Waals surface area contributed by atoms with Gasteiger partial charge >= 0.3 is 5.97 Å². The van der Waals surface area contributed by atoms with Crippen LogP contribution in [-0.4, -0.2) is 37.2 Å². The first-order chi connectivity index (χ1) is 13.1. The highest BCUT2D eigenvalue weighted by atomic mass is 35.5. The van der Waals surface area contributed by atoms with E-state index in [0.29, 0.717) is 27.5 Å². The summed E-state index contributed by atoms with van der Waals surface area (Å²) in [5, 5.41) is 10.1. The zero-order valence-electron chi connectivity index (χ0n) is 16.9. The van der Waals surface area contributed by atoms with E-state index in [2.05, 4.69) is 0 Å². The highest BCUT2D eigenvalue weighted by Gasteiger charge is 2.42. The molecule has 2 unspecified atom stereocenters. The van der Waals surface area contributed by atoms with E-state index in [1.54, 1.807) is 38.1 Å². The van der Waals surface area contributed by atoms with Crippen molar-refractivity contribution in [2.24, 2.45) is 5.41 Å². The smallest absolute Gasteiger partial charge is 0.335 e. The minimum atomic E-state index is -0.982. The number of carbonyl (C=O) groups is 2. The molecule has 1 aliphatic carbocycles. The molecule has 1 aromatic rings. The van der Waals surface area contributed by atoms with Crippen LogP contribution in [0.5, 0.6) is 5.75 Å². The van der Waals surface area contributed by atoms with Crippen LogP contribution in [0.3, 0.4) is 0 Å². The monoisotopic (exact) mass is 404 g/mol. The van der Waals surface area contributed by atoms with Crippen molar-refractivity contribution in [2.75, 3.05) is 14.2 Å². The zero-order valence-corrected chi connectivity index (χ0v) is 17.7. The summed E-state index contributed by atoms with van der Waals surface area (Å²) in [4.78, 5) is 24.5. The van der Waals surface area contributed by atoms with Gasteiger partial charge in [0, 0.05) is 17.5 Å². The third-order valence-electron chi connectivity index (χ3n) is 5.54. The molecular formula is C22H25ClO5. The number of carboxylic acids is 1. The molecule has 5 nitrogen and oxygen atoms in total. The van der Waals surface area contributed by atoms with E-state index in [-0.39, 0.29) is 11.4 Å². The van der Waals surface area contributed by atoms with Gasteiger partial charge in [-0.05, 0) is 63.1 Å². The van der Waals surface area contributed by atoms with Crippen molar-refractivity contribution in [3.05, 3.63) is 63.2 Å². The molecule has 1 aromatic carbocycles. The second-order valence-electron chi connectivity index (χ2n) is 7.05. The van der Waals surface area contributed by atoms with E-state index in [1.807, 2.05) is 13.8 Å². The van der Waals surface area contributed by atoms with Crippen molar-refractivity contribution >= 4 is 23.4 Å². The maximum absolute atomic E-state index is 12.8. The van der Waals surface area contributed by atoms with E-state index >= 15 is 0 Å². The molecule has 0 spiro atoms. The van der Waals surface area contributed by atoms with Gasteiger partial charge in [-0.2, -0.15) is 0 Å². The number of carbonyl (C=O) groups excluding carboxylic acids is 1. The molecule has 6 heteroatoms. The summed E-state index contributed by atoms with van der Waals surface area (Å²) in [5.74, 6) is -0.822. The summed E-state index contributed by atoms with van der Waals surface area (Å²) in [7, 11) is 3.02. The largest absolute Gasteiger partial charge is 0.496 e. The number of hydrogen-bond donors (Lipinski definition) is 1. The van der Waals surface area contributed by atoms with E-state index < -0.39 is 17.5 Å². The predicted molar refractivity (Wildman–Crippen MR) is 109 cm³/mol. The molecule has 2 rings (SSSR count). The van der Waals surface area contributed by atoms with Crippen molar-refractivity contribution in [3.8, 4) is 5.75 Å². The molecule has 2 atom stereocenters. The van der Waals surface area contributed by atoms with E-state index in [1.165, 1.54) is 20.3 Å². The Hall–Kier alpha value is -2.37. The number of benzene rings is 1. The maximum Gasteiger partial charge on any atom is 0.335 e. The standard InChI is InChI=1S/C22H25ClO5/c1-12-14(3)22(4,20(28-6)13(2)19(12)21(25)26)10-9-17(24)16-8-7-15(23)11-18(16)27-5/h7-11,20H,1-6H3,(H,25,26). The van der Waals surface area contributed by atoms with Crippen LogP contribution in [0, 0.1) is 5.41 Å². The summed E-state index contributed by atoms with van der Waals surface area (Å²) < 4.78 is 10.9. The molecule has 1 N–H and O–H groups in total. The van der Waals surface area contributed by atoms with Crippen molar-refractivity contribution in [1.29, 1.82) is 0 Å². The second kappa shape index (κ2) is 8.33. The van der Waals surface area contributed by atoms with Gasteiger partial charge in [0.05, 0.1) is 24.4 Å². The fourth-order valence-corrected chi connectivity index (χ4v) is 4.00. The SMILES string of the molecule is COc1cc(Cl)ccc1C(=O)C=CC1(C)C(C)=C(C)C(C(=O)O)=C(C)C1OC. The number of aliphatic carboxylic acids is 1. The van der Waals surface area contributed by atoms with Crippen LogP contribution in [-0.2, 0) is 9.53 Å². The summed E-state index contributed by atoms with van der Waals surface area (Å²) in [5.41, 5.74) is 2.14. The summed E-state index contributed by atoms with van der Waals surface area (Å²) in [6, 6.07) is 4.84. The Morgan fingerprint density at radius 2 is 1.86 bits per heavy atom. The van der Waals surface area contributed by atoms with Gasteiger partial charge in [-0.3, -0.25) is 4.79 Å². The highest BCUT2D eigenvalue weighted by molar-refractivity contribution is 6.31. The Balaban J connectivity index is 2.49. The molecular weight excluding hydrogens is 380 g/mol. The third-order valence-corrected chi connectivity index (χ3v) is 5.77. The minimum Gasteiger partial charge on any atom is -0.496 e. The van der Waals surface area contributed by atoms with Gasteiger partial charge in [-0.15, -0.1) is 0 Å². The van der Waals surface area contributed by atoms with E-state index in [4.69, 9.17) is 21.1 Å². The number of methoxy groups -OCH3 is 2. The van der Waals surface area contributed by atoms with Gasteiger partial charge in [0.1, 0.15) is 5.75 Å². The normalized spacial score (nSPS) is 22.8.